The highest BCUT2D eigenvalue weighted by molar-refractivity contribution is 6.10. The number of anilines is 2. The molecule has 2 N–H and O–H groups in total. The quantitative estimate of drug-likeness (QED) is 0.510. The molecule has 1 atom stereocenters. The SMILES string of the molecule is COc1ccc(NC(=O)c2ccccc2NC(=O)CN2CCC[C@H]2c2ccc3c(c2)OCCO3)cc1. The van der Waals surface area contributed by atoms with Crippen molar-refractivity contribution in [2.24, 2.45) is 0 Å². The molecule has 0 radical (unpaired) electrons. The lowest BCUT2D eigenvalue weighted by molar-refractivity contribution is -0.117. The number of amides is 2. The van der Waals surface area contributed by atoms with Gasteiger partial charge in [0.2, 0.25) is 5.91 Å². The highest BCUT2D eigenvalue weighted by Gasteiger charge is 2.29. The van der Waals surface area contributed by atoms with Gasteiger partial charge in [-0.1, -0.05) is 18.2 Å². The van der Waals surface area contributed by atoms with Crippen LogP contribution in [-0.2, 0) is 4.79 Å². The van der Waals surface area contributed by atoms with Gasteiger partial charge in [0.1, 0.15) is 19.0 Å². The van der Waals surface area contributed by atoms with Crippen LogP contribution < -0.4 is 24.8 Å². The van der Waals surface area contributed by atoms with Crippen LogP contribution in [0, 0.1) is 0 Å². The summed E-state index contributed by atoms with van der Waals surface area (Å²) in [7, 11) is 1.59. The lowest BCUT2D eigenvalue weighted by Gasteiger charge is -2.26. The van der Waals surface area contributed by atoms with Gasteiger partial charge in [-0.2, -0.15) is 0 Å². The third kappa shape index (κ3) is 5.28. The van der Waals surface area contributed by atoms with Crippen molar-refractivity contribution in [3.05, 3.63) is 77.9 Å². The molecule has 0 unspecified atom stereocenters. The monoisotopic (exact) mass is 487 g/mol. The van der Waals surface area contributed by atoms with Crippen LogP contribution in [-0.4, -0.2) is 50.1 Å². The lowest BCUT2D eigenvalue weighted by atomic mass is 10.0. The minimum absolute atomic E-state index is 0.125. The predicted octanol–water partition coefficient (Wildman–Crippen LogP) is 4.49. The fourth-order valence-electron chi connectivity index (χ4n) is 4.70. The molecule has 2 aliphatic rings. The largest absolute Gasteiger partial charge is 0.497 e. The number of nitrogens with one attached hydrogen (secondary N) is 2. The van der Waals surface area contributed by atoms with E-state index in [2.05, 4.69) is 15.5 Å². The molecule has 0 saturated carbocycles. The van der Waals surface area contributed by atoms with Crippen molar-refractivity contribution in [3.8, 4) is 17.2 Å². The Morgan fingerprint density at radius 1 is 0.972 bits per heavy atom. The van der Waals surface area contributed by atoms with E-state index in [0.29, 0.717) is 35.9 Å². The predicted molar refractivity (Wildman–Crippen MR) is 137 cm³/mol. The van der Waals surface area contributed by atoms with E-state index in [-0.39, 0.29) is 24.4 Å². The van der Waals surface area contributed by atoms with Crippen LogP contribution in [0.2, 0.25) is 0 Å². The number of carbonyl (C=O) groups is 2. The number of ether oxygens (including phenoxy) is 3. The number of fused-ring (bicyclic) bond motifs is 1. The highest BCUT2D eigenvalue weighted by Crippen LogP contribution is 2.38. The Balaban J connectivity index is 1.24. The highest BCUT2D eigenvalue weighted by atomic mass is 16.6. The Labute approximate surface area is 210 Å². The van der Waals surface area contributed by atoms with Gasteiger partial charge in [0.05, 0.1) is 24.9 Å². The smallest absolute Gasteiger partial charge is 0.257 e. The van der Waals surface area contributed by atoms with E-state index in [0.717, 1.165) is 36.4 Å². The minimum atomic E-state index is -0.300. The normalized spacial score (nSPS) is 16.9. The number of hydrogen-bond donors (Lipinski definition) is 2. The summed E-state index contributed by atoms with van der Waals surface area (Å²) in [6.07, 6.45) is 1.97. The Morgan fingerprint density at radius 2 is 1.75 bits per heavy atom. The molecule has 2 amide bonds. The molecule has 2 heterocycles. The van der Waals surface area contributed by atoms with Crippen molar-refractivity contribution in [1.29, 1.82) is 0 Å². The van der Waals surface area contributed by atoms with Crippen LogP contribution in [0.1, 0.15) is 34.8 Å². The molecule has 3 aromatic rings. The third-order valence-electron chi connectivity index (χ3n) is 6.46. The van der Waals surface area contributed by atoms with Gasteiger partial charge in [0.15, 0.2) is 11.5 Å². The summed E-state index contributed by atoms with van der Waals surface area (Å²) in [5, 5.41) is 5.81. The summed E-state index contributed by atoms with van der Waals surface area (Å²) >= 11 is 0. The molecule has 0 aliphatic carbocycles. The second-order valence-electron chi connectivity index (χ2n) is 8.81. The van der Waals surface area contributed by atoms with Crippen LogP contribution in [0.3, 0.4) is 0 Å². The first-order chi connectivity index (χ1) is 17.6. The molecule has 8 heteroatoms. The molecular formula is C28H29N3O5. The van der Waals surface area contributed by atoms with Crippen LogP contribution in [0.5, 0.6) is 17.2 Å². The van der Waals surface area contributed by atoms with Crippen molar-refractivity contribution in [1.82, 2.24) is 4.90 Å². The fourth-order valence-corrected chi connectivity index (χ4v) is 4.70. The van der Waals surface area contributed by atoms with Gasteiger partial charge in [-0.3, -0.25) is 14.5 Å². The zero-order valence-corrected chi connectivity index (χ0v) is 20.2. The number of hydrogen-bond acceptors (Lipinski definition) is 6. The number of para-hydroxylation sites is 1. The molecule has 1 fully saturated rings. The molecular weight excluding hydrogens is 458 g/mol. The lowest BCUT2D eigenvalue weighted by Crippen LogP contribution is -2.33. The second kappa shape index (κ2) is 10.7. The molecule has 5 rings (SSSR count). The Kier molecular flexibility index (Phi) is 7.04. The number of carbonyl (C=O) groups excluding carboxylic acids is 2. The first kappa shape index (κ1) is 23.7. The maximum absolute atomic E-state index is 13.0. The maximum atomic E-state index is 13.0. The summed E-state index contributed by atoms with van der Waals surface area (Å²) in [4.78, 5) is 28.1. The molecule has 1 saturated heterocycles. The zero-order valence-electron chi connectivity index (χ0n) is 20.2. The molecule has 3 aromatic carbocycles. The fraction of sp³-hybridized carbons (Fsp3) is 0.286. The van der Waals surface area contributed by atoms with E-state index in [1.807, 2.05) is 18.2 Å². The molecule has 0 bridgehead atoms. The van der Waals surface area contributed by atoms with Gasteiger partial charge in [0.25, 0.3) is 5.91 Å². The Hall–Kier alpha value is -4.04. The number of rotatable bonds is 7. The summed E-state index contributed by atoms with van der Waals surface area (Å²) in [5.41, 5.74) is 2.63. The Bertz CT molecular complexity index is 1240. The first-order valence-electron chi connectivity index (χ1n) is 12.1. The van der Waals surface area contributed by atoms with Crippen molar-refractivity contribution in [2.75, 3.05) is 44.0 Å². The average Bonchev–Trinajstić information content (AvgIpc) is 3.37. The summed E-state index contributed by atoms with van der Waals surface area (Å²) in [6.45, 7) is 2.15. The number of nitrogens with zero attached hydrogens (tertiary/aromatic N) is 1. The van der Waals surface area contributed by atoms with E-state index in [1.165, 1.54) is 0 Å². The summed E-state index contributed by atoms with van der Waals surface area (Å²) in [6, 6.07) is 20.2. The molecule has 186 valence electrons. The zero-order chi connectivity index (χ0) is 24.9. The van der Waals surface area contributed by atoms with Crippen molar-refractivity contribution >= 4 is 23.2 Å². The maximum Gasteiger partial charge on any atom is 0.257 e. The van der Waals surface area contributed by atoms with E-state index in [1.54, 1.807) is 55.6 Å². The van der Waals surface area contributed by atoms with E-state index in [4.69, 9.17) is 14.2 Å². The second-order valence-corrected chi connectivity index (χ2v) is 8.81. The average molecular weight is 488 g/mol. The molecule has 0 spiro atoms. The van der Waals surface area contributed by atoms with E-state index >= 15 is 0 Å². The van der Waals surface area contributed by atoms with Crippen LogP contribution in [0.4, 0.5) is 11.4 Å². The number of methoxy groups -OCH3 is 1. The van der Waals surface area contributed by atoms with Gasteiger partial charge in [-0.05, 0) is 73.5 Å². The standard InChI is InChI=1S/C28H29N3O5/c1-34-21-11-9-20(10-12-21)29-28(33)22-5-2-3-6-23(22)30-27(32)18-31-14-4-7-24(31)19-8-13-25-26(17-19)36-16-15-35-25/h2-3,5-6,8-13,17,24H,4,7,14-16,18H2,1H3,(H,29,33)(H,30,32)/t24-/m0/s1. The molecule has 36 heavy (non-hydrogen) atoms. The molecule has 0 aromatic heterocycles. The Morgan fingerprint density at radius 3 is 2.56 bits per heavy atom. The van der Waals surface area contributed by atoms with Gasteiger partial charge in [-0.15, -0.1) is 0 Å². The van der Waals surface area contributed by atoms with Gasteiger partial charge >= 0.3 is 0 Å². The summed E-state index contributed by atoms with van der Waals surface area (Å²) in [5.74, 6) is 1.76. The van der Waals surface area contributed by atoms with E-state index < -0.39 is 0 Å². The van der Waals surface area contributed by atoms with Crippen molar-refractivity contribution in [3.63, 3.8) is 0 Å². The minimum Gasteiger partial charge on any atom is -0.497 e. The van der Waals surface area contributed by atoms with Gasteiger partial charge < -0.3 is 24.8 Å². The van der Waals surface area contributed by atoms with Crippen molar-refractivity contribution < 1.29 is 23.8 Å². The van der Waals surface area contributed by atoms with Gasteiger partial charge in [-0.25, -0.2) is 0 Å². The molecule has 8 nitrogen and oxygen atoms in total. The van der Waals surface area contributed by atoms with Crippen LogP contribution >= 0.6 is 0 Å². The summed E-state index contributed by atoms with van der Waals surface area (Å²) < 4.78 is 16.5. The number of likely N-dealkylation sites (tertiary alicyclic amines) is 1. The van der Waals surface area contributed by atoms with Gasteiger partial charge in [0, 0.05) is 11.7 Å². The molecule has 2 aliphatic heterocycles. The van der Waals surface area contributed by atoms with Crippen molar-refractivity contribution in [2.45, 2.75) is 18.9 Å². The van der Waals surface area contributed by atoms with E-state index in [9.17, 15) is 9.59 Å². The first-order valence-corrected chi connectivity index (χ1v) is 12.1. The number of benzene rings is 3. The third-order valence-corrected chi connectivity index (χ3v) is 6.46. The van der Waals surface area contributed by atoms with Crippen LogP contribution in [0.15, 0.2) is 66.7 Å². The van der Waals surface area contributed by atoms with Crippen LogP contribution in [0.25, 0.3) is 0 Å². The topological polar surface area (TPSA) is 89.1 Å².